The van der Waals surface area contributed by atoms with Gasteiger partial charge >= 0.3 is 0 Å². The summed E-state index contributed by atoms with van der Waals surface area (Å²) >= 11 is 0. The number of hydrogen-bond acceptors (Lipinski definition) is 2. The van der Waals surface area contributed by atoms with Gasteiger partial charge in [0.1, 0.15) is 0 Å². The van der Waals surface area contributed by atoms with Crippen LogP contribution in [0, 0.1) is 13.8 Å². The maximum atomic E-state index is 8.94. The molecule has 0 unspecified atom stereocenters. The normalized spacial score (nSPS) is 17.6. The molecule has 1 aromatic heterocycles. The van der Waals surface area contributed by atoms with Crippen LogP contribution in [0.4, 0.5) is 0 Å². The van der Waals surface area contributed by atoms with Crippen molar-refractivity contribution in [2.45, 2.75) is 64.8 Å². The average molecular weight is 236 g/mol. The van der Waals surface area contributed by atoms with Crippen molar-refractivity contribution in [3.8, 4) is 0 Å². The molecule has 96 valence electrons. The van der Waals surface area contributed by atoms with Gasteiger partial charge in [-0.3, -0.25) is 4.68 Å². The van der Waals surface area contributed by atoms with Gasteiger partial charge in [0, 0.05) is 12.3 Å². The lowest BCUT2D eigenvalue weighted by atomic mass is 9.95. The van der Waals surface area contributed by atoms with Gasteiger partial charge in [-0.1, -0.05) is 19.3 Å². The fourth-order valence-corrected chi connectivity index (χ4v) is 3.00. The minimum Gasteiger partial charge on any atom is -0.396 e. The van der Waals surface area contributed by atoms with Crippen molar-refractivity contribution in [3.05, 3.63) is 17.0 Å². The molecule has 1 aliphatic rings. The lowest BCUT2D eigenvalue weighted by Gasteiger charge is -2.23. The SMILES string of the molecule is Cc1nn(C2CCCCC2)c(C)c1CCCO. The van der Waals surface area contributed by atoms with Gasteiger partial charge in [0.05, 0.1) is 11.7 Å². The van der Waals surface area contributed by atoms with E-state index in [1.807, 2.05) is 0 Å². The van der Waals surface area contributed by atoms with Crippen LogP contribution in [-0.4, -0.2) is 21.5 Å². The second-order valence-corrected chi connectivity index (χ2v) is 5.21. The van der Waals surface area contributed by atoms with Crippen molar-refractivity contribution in [2.75, 3.05) is 6.61 Å². The highest BCUT2D eigenvalue weighted by molar-refractivity contribution is 5.25. The maximum absolute atomic E-state index is 8.94. The molecule has 0 amide bonds. The Hall–Kier alpha value is -0.830. The van der Waals surface area contributed by atoms with Crippen molar-refractivity contribution >= 4 is 0 Å². The minimum absolute atomic E-state index is 0.271. The predicted octanol–water partition coefficient (Wildman–Crippen LogP) is 2.93. The van der Waals surface area contributed by atoms with Crippen LogP contribution in [0.1, 0.15) is 61.5 Å². The first kappa shape index (κ1) is 12.6. The summed E-state index contributed by atoms with van der Waals surface area (Å²) in [6.45, 7) is 4.55. The summed E-state index contributed by atoms with van der Waals surface area (Å²) in [7, 11) is 0. The Morgan fingerprint density at radius 2 is 1.94 bits per heavy atom. The molecule has 1 fully saturated rings. The van der Waals surface area contributed by atoms with E-state index in [9.17, 15) is 0 Å². The van der Waals surface area contributed by atoms with E-state index >= 15 is 0 Å². The average Bonchev–Trinajstić information content (AvgIpc) is 2.64. The highest BCUT2D eigenvalue weighted by Gasteiger charge is 2.20. The van der Waals surface area contributed by atoms with Gasteiger partial charge in [-0.25, -0.2) is 0 Å². The summed E-state index contributed by atoms with van der Waals surface area (Å²) in [5.41, 5.74) is 3.83. The molecule has 17 heavy (non-hydrogen) atoms. The van der Waals surface area contributed by atoms with E-state index in [2.05, 4.69) is 18.5 Å². The Morgan fingerprint density at radius 1 is 1.24 bits per heavy atom. The predicted molar refractivity (Wildman–Crippen MR) is 69.2 cm³/mol. The van der Waals surface area contributed by atoms with Gasteiger partial charge in [0.15, 0.2) is 0 Å². The molecule has 3 heteroatoms. The Morgan fingerprint density at radius 3 is 2.59 bits per heavy atom. The van der Waals surface area contributed by atoms with E-state index < -0.39 is 0 Å². The van der Waals surface area contributed by atoms with Crippen LogP contribution < -0.4 is 0 Å². The first-order valence-electron chi connectivity index (χ1n) is 6.89. The third-order valence-corrected chi connectivity index (χ3v) is 3.98. The smallest absolute Gasteiger partial charge is 0.0628 e. The van der Waals surface area contributed by atoms with Gasteiger partial charge < -0.3 is 5.11 Å². The van der Waals surface area contributed by atoms with Crippen molar-refractivity contribution in [3.63, 3.8) is 0 Å². The molecule has 1 aromatic rings. The summed E-state index contributed by atoms with van der Waals surface area (Å²) < 4.78 is 2.25. The van der Waals surface area contributed by atoms with Crippen LogP contribution in [0.5, 0.6) is 0 Å². The van der Waals surface area contributed by atoms with Gasteiger partial charge in [0.2, 0.25) is 0 Å². The first-order chi connectivity index (χ1) is 8.24. The largest absolute Gasteiger partial charge is 0.396 e. The zero-order chi connectivity index (χ0) is 12.3. The second kappa shape index (κ2) is 5.67. The monoisotopic (exact) mass is 236 g/mol. The minimum atomic E-state index is 0.271. The van der Waals surface area contributed by atoms with Crippen LogP contribution in [0.15, 0.2) is 0 Å². The van der Waals surface area contributed by atoms with Crippen LogP contribution in [-0.2, 0) is 6.42 Å². The van der Waals surface area contributed by atoms with E-state index in [1.54, 1.807) is 0 Å². The molecule has 0 spiro atoms. The molecule has 0 radical (unpaired) electrons. The molecule has 0 atom stereocenters. The molecule has 0 aliphatic heterocycles. The Balaban J connectivity index is 2.17. The standard InChI is InChI=1S/C14H24N2O/c1-11-14(9-6-10-17)12(2)16(15-11)13-7-4-3-5-8-13/h13,17H,3-10H2,1-2H3. The summed E-state index contributed by atoms with van der Waals surface area (Å²) in [5.74, 6) is 0. The Labute approximate surface area is 104 Å². The highest BCUT2D eigenvalue weighted by Crippen LogP contribution is 2.30. The molecule has 2 rings (SSSR count). The Bertz CT molecular complexity index is 365. The third kappa shape index (κ3) is 2.71. The number of nitrogens with zero attached hydrogens (tertiary/aromatic N) is 2. The molecule has 1 saturated carbocycles. The van der Waals surface area contributed by atoms with Crippen LogP contribution in [0.25, 0.3) is 0 Å². The Kier molecular flexibility index (Phi) is 4.21. The quantitative estimate of drug-likeness (QED) is 0.873. The molecule has 0 saturated heterocycles. The van der Waals surface area contributed by atoms with Crippen LogP contribution in [0.2, 0.25) is 0 Å². The van der Waals surface area contributed by atoms with E-state index in [1.165, 1.54) is 43.4 Å². The number of hydrogen-bond donors (Lipinski definition) is 1. The third-order valence-electron chi connectivity index (χ3n) is 3.98. The number of rotatable bonds is 4. The molecule has 0 bridgehead atoms. The van der Waals surface area contributed by atoms with Crippen molar-refractivity contribution in [1.29, 1.82) is 0 Å². The number of aromatic nitrogens is 2. The summed E-state index contributed by atoms with van der Waals surface area (Å²) in [4.78, 5) is 0. The van der Waals surface area contributed by atoms with E-state index in [0.717, 1.165) is 18.5 Å². The maximum Gasteiger partial charge on any atom is 0.0628 e. The summed E-state index contributed by atoms with van der Waals surface area (Å²) in [6.07, 6.45) is 8.43. The number of aliphatic hydroxyl groups excluding tert-OH is 1. The summed E-state index contributed by atoms with van der Waals surface area (Å²) in [6, 6.07) is 0.616. The fourth-order valence-electron chi connectivity index (χ4n) is 3.00. The zero-order valence-electron chi connectivity index (χ0n) is 11.1. The first-order valence-corrected chi connectivity index (χ1v) is 6.89. The van der Waals surface area contributed by atoms with Crippen molar-refractivity contribution in [2.24, 2.45) is 0 Å². The number of aliphatic hydroxyl groups is 1. The van der Waals surface area contributed by atoms with Crippen LogP contribution >= 0.6 is 0 Å². The summed E-state index contributed by atoms with van der Waals surface area (Å²) in [5, 5.41) is 13.7. The molecule has 0 aromatic carbocycles. The fraction of sp³-hybridized carbons (Fsp3) is 0.786. The molecule has 1 N–H and O–H groups in total. The topological polar surface area (TPSA) is 38.0 Å². The van der Waals surface area contributed by atoms with Crippen molar-refractivity contribution in [1.82, 2.24) is 9.78 Å². The van der Waals surface area contributed by atoms with E-state index in [0.29, 0.717) is 6.04 Å². The van der Waals surface area contributed by atoms with E-state index in [4.69, 9.17) is 10.2 Å². The molecule has 1 aliphatic carbocycles. The van der Waals surface area contributed by atoms with Gasteiger partial charge in [-0.05, 0) is 45.1 Å². The van der Waals surface area contributed by atoms with Crippen molar-refractivity contribution < 1.29 is 5.11 Å². The van der Waals surface area contributed by atoms with Crippen LogP contribution in [0.3, 0.4) is 0 Å². The van der Waals surface area contributed by atoms with Gasteiger partial charge in [0.25, 0.3) is 0 Å². The van der Waals surface area contributed by atoms with Gasteiger partial charge in [-0.15, -0.1) is 0 Å². The zero-order valence-corrected chi connectivity index (χ0v) is 11.1. The lowest BCUT2D eigenvalue weighted by Crippen LogP contribution is -2.15. The molecule has 1 heterocycles. The highest BCUT2D eigenvalue weighted by atomic mass is 16.2. The second-order valence-electron chi connectivity index (χ2n) is 5.21. The van der Waals surface area contributed by atoms with Gasteiger partial charge in [-0.2, -0.15) is 5.10 Å². The lowest BCUT2D eigenvalue weighted by molar-refractivity contribution is 0.288. The van der Waals surface area contributed by atoms with E-state index in [-0.39, 0.29) is 6.61 Å². The molecule has 3 nitrogen and oxygen atoms in total. The molecular formula is C14H24N2O. The molecular weight excluding hydrogens is 212 g/mol. The number of aryl methyl sites for hydroxylation is 1.